The fourth-order valence-corrected chi connectivity index (χ4v) is 2.08. The molecule has 0 aliphatic carbocycles. The zero-order valence-corrected chi connectivity index (χ0v) is 14.4. The van der Waals surface area contributed by atoms with Crippen LogP contribution < -0.4 is 15.4 Å². The molecule has 0 fully saturated rings. The highest BCUT2D eigenvalue weighted by Crippen LogP contribution is 2.27. The van der Waals surface area contributed by atoms with Crippen LogP contribution in [0.4, 0.5) is 24.5 Å². The molecule has 8 nitrogen and oxygen atoms in total. The molecule has 0 spiro atoms. The number of nitrogens with zero attached hydrogens (tertiary/aromatic N) is 1. The first-order valence-corrected chi connectivity index (χ1v) is 7.77. The van der Waals surface area contributed by atoms with E-state index in [0.717, 1.165) is 6.07 Å². The number of halogens is 3. The molecule has 0 saturated carbocycles. The standard InChI is InChI=1S/C17H14F3N3O5/c1-9-2-5-12(23(26)27)13(6-9)28-8-15(25)21-7-14(24)22-11-4-3-10(18)16(19)17(11)20/h2-6H,7-8H2,1H3,(H,21,25)(H,22,24). The van der Waals surface area contributed by atoms with E-state index < -0.39 is 53.0 Å². The Bertz CT molecular complexity index is 936. The third-order valence-corrected chi connectivity index (χ3v) is 3.43. The lowest BCUT2D eigenvalue weighted by molar-refractivity contribution is -0.385. The van der Waals surface area contributed by atoms with Gasteiger partial charge in [-0.15, -0.1) is 0 Å². The van der Waals surface area contributed by atoms with E-state index in [9.17, 15) is 32.9 Å². The van der Waals surface area contributed by atoms with Crippen molar-refractivity contribution in [3.63, 3.8) is 0 Å². The summed E-state index contributed by atoms with van der Waals surface area (Å²) in [6.07, 6.45) is 0. The number of anilines is 1. The maximum Gasteiger partial charge on any atom is 0.310 e. The van der Waals surface area contributed by atoms with E-state index in [0.29, 0.717) is 11.6 Å². The molecule has 28 heavy (non-hydrogen) atoms. The maximum atomic E-state index is 13.5. The van der Waals surface area contributed by atoms with Gasteiger partial charge in [-0.2, -0.15) is 0 Å². The number of ether oxygens (including phenoxy) is 1. The van der Waals surface area contributed by atoms with Crippen LogP contribution in [0.5, 0.6) is 5.75 Å². The monoisotopic (exact) mass is 397 g/mol. The average molecular weight is 397 g/mol. The Hall–Kier alpha value is -3.63. The van der Waals surface area contributed by atoms with Crippen molar-refractivity contribution in [3.8, 4) is 5.75 Å². The van der Waals surface area contributed by atoms with Crippen LogP contribution in [-0.4, -0.2) is 29.9 Å². The molecular formula is C17H14F3N3O5. The van der Waals surface area contributed by atoms with Gasteiger partial charge in [-0.05, 0) is 30.7 Å². The van der Waals surface area contributed by atoms with Gasteiger partial charge >= 0.3 is 5.69 Å². The molecule has 2 amide bonds. The molecule has 0 radical (unpaired) electrons. The van der Waals surface area contributed by atoms with E-state index in [1.807, 2.05) is 5.32 Å². The van der Waals surface area contributed by atoms with Crippen LogP contribution in [-0.2, 0) is 9.59 Å². The second kappa shape index (κ2) is 8.84. The molecular weight excluding hydrogens is 383 g/mol. The van der Waals surface area contributed by atoms with Crippen molar-refractivity contribution in [2.45, 2.75) is 6.92 Å². The zero-order valence-electron chi connectivity index (χ0n) is 14.4. The summed E-state index contributed by atoms with van der Waals surface area (Å²) in [5.74, 6) is -6.53. The van der Waals surface area contributed by atoms with Gasteiger partial charge in [-0.3, -0.25) is 19.7 Å². The molecule has 0 unspecified atom stereocenters. The lowest BCUT2D eigenvalue weighted by Crippen LogP contribution is -2.36. The van der Waals surface area contributed by atoms with Gasteiger partial charge in [-0.25, -0.2) is 13.2 Å². The molecule has 2 aromatic carbocycles. The number of benzene rings is 2. The number of nitrogens with one attached hydrogen (secondary N) is 2. The third kappa shape index (κ3) is 5.19. The molecule has 0 aromatic heterocycles. The first-order valence-electron chi connectivity index (χ1n) is 7.77. The summed E-state index contributed by atoms with van der Waals surface area (Å²) in [6, 6.07) is 5.58. The second-order valence-electron chi connectivity index (χ2n) is 5.56. The number of nitro groups is 1. The lowest BCUT2D eigenvalue weighted by atomic mass is 10.2. The molecule has 11 heteroatoms. The third-order valence-electron chi connectivity index (χ3n) is 3.43. The highest BCUT2D eigenvalue weighted by atomic mass is 19.2. The molecule has 0 bridgehead atoms. The number of amides is 2. The van der Waals surface area contributed by atoms with Gasteiger partial charge in [0.2, 0.25) is 5.91 Å². The second-order valence-corrected chi connectivity index (χ2v) is 5.56. The van der Waals surface area contributed by atoms with E-state index >= 15 is 0 Å². The lowest BCUT2D eigenvalue weighted by Gasteiger charge is -2.10. The average Bonchev–Trinajstić information content (AvgIpc) is 2.65. The van der Waals surface area contributed by atoms with Crippen LogP contribution in [0.25, 0.3) is 0 Å². The Morgan fingerprint density at radius 1 is 1.11 bits per heavy atom. The van der Waals surface area contributed by atoms with Gasteiger partial charge in [0.25, 0.3) is 5.91 Å². The molecule has 0 aliphatic rings. The Kier molecular flexibility index (Phi) is 6.53. The largest absolute Gasteiger partial charge is 0.477 e. The fourth-order valence-electron chi connectivity index (χ4n) is 2.08. The van der Waals surface area contributed by atoms with Gasteiger partial charge < -0.3 is 15.4 Å². The van der Waals surface area contributed by atoms with Gasteiger partial charge in [0, 0.05) is 6.07 Å². The molecule has 2 aromatic rings. The number of aryl methyl sites for hydroxylation is 1. The van der Waals surface area contributed by atoms with Crippen LogP contribution in [0.15, 0.2) is 30.3 Å². The van der Waals surface area contributed by atoms with E-state index in [1.54, 1.807) is 6.92 Å². The van der Waals surface area contributed by atoms with E-state index in [1.165, 1.54) is 18.2 Å². The van der Waals surface area contributed by atoms with E-state index in [-0.39, 0.29) is 11.4 Å². The first-order chi connectivity index (χ1) is 13.2. The highest BCUT2D eigenvalue weighted by molar-refractivity contribution is 5.94. The van der Waals surface area contributed by atoms with Crippen LogP contribution in [0.1, 0.15) is 5.56 Å². The predicted octanol–water partition coefficient (Wildman–Crippen LogP) is 2.45. The van der Waals surface area contributed by atoms with Crippen LogP contribution >= 0.6 is 0 Å². The topological polar surface area (TPSA) is 111 Å². The number of carbonyl (C=O) groups excluding carboxylic acids is 2. The number of hydrogen-bond acceptors (Lipinski definition) is 5. The van der Waals surface area contributed by atoms with Crippen molar-refractivity contribution >= 4 is 23.2 Å². The van der Waals surface area contributed by atoms with Gasteiger partial charge in [0.15, 0.2) is 29.8 Å². The Morgan fingerprint density at radius 3 is 2.50 bits per heavy atom. The van der Waals surface area contributed by atoms with Gasteiger partial charge in [0.05, 0.1) is 17.2 Å². The Labute approximate surface area is 156 Å². The minimum Gasteiger partial charge on any atom is -0.477 e. The first kappa shape index (κ1) is 20.7. The summed E-state index contributed by atoms with van der Waals surface area (Å²) in [5, 5.41) is 15.0. The summed E-state index contributed by atoms with van der Waals surface area (Å²) < 4.78 is 44.5. The van der Waals surface area contributed by atoms with Crippen LogP contribution in [0.3, 0.4) is 0 Å². The molecule has 0 heterocycles. The summed E-state index contributed by atoms with van der Waals surface area (Å²) >= 11 is 0. The molecule has 2 N–H and O–H groups in total. The smallest absolute Gasteiger partial charge is 0.310 e. The summed E-state index contributed by atoms with van der Waals surface area (Å²) in [7, 11) is 0. The van der Waals surface area contributed by atoms with Crippen molar-refractivity contribution in [1.82, 2.24) is 5.32 Å². The number of rotatable bonds is 7. The van der Waals surface area contributed by atoms with Crippen molar-refractivity contribution in [3.05, 3.63) is 63.5 Å². The van der Waals surface area contributed by atoms with E-state index in [2.05, 4.69) is 5.32 Å². The molecule has 0 saturated heterocycles. The SMILES string of the molecule is Cc1ccc([N+](=O)[O-])c(OCC(=O)NCC(=O)Nc2ccc(F)c(F)c2F)c1. The van der Waals surface area contributed by atoms with Crippen molar-refractivity contribution in [2.75, 3.05) is 18.5 Å². The van der Waals surface area contributed by atoms with Crippen LogP contribution in [0.2, 0.25) is 0 Å². The predicted molar refractivity (Wildman–Crippen MR) is 91.3 cm³/mol. The Balaban J connectivity index is 1.88. The fraction of sp³-hybridized carbons (Fsp3) is 0.176. The summed E-state index contributed by atoms with van der Waals surface area (Å²) in [6.45, 7) is 0.450. The minimum atomic E-state index is -1.74. The van der Waals surface area contributed by atoms with Gasteiger partial charge in [0.1, 0.15) is 0 Å². The maximum absolute atomic E-state index is 13.5. The number of carbonyl (C=O) groups is 2. The number of hydrogen-bond donors (Lipinski definition) is 2. The van der Waals surface area contributed by atoms with Crippen LogP contribution in [0, 0.1) is 34.5 Å². The van der Waals surface area contributed by atoms with Crippen molar-refractivity contribution in [2.24, 2.45) is 0 Å². The van der Waals surface area contributed by atoms with Crippen molar-refractivity contribution < 1.29 is 32.4 Å². The van der Waals surface area contributed by atoms with E-state index in [4.69, 9.17) is 4.74 Å². The molecule has 148 valence electrons. The van der Waals surface area contributed by atoms with Crippen molar-refractivity contribution in [1.29, 1.82) is 0 Å². The van der Waals surface area contributed by atoms with Gasteiger partial charge in [-0.1, -0.05) is 6.07 Å². The highest BCUT2D eigenvalue weighted by Gasteiger charge is 2.17. The molecule has 0 aliphatic heterocycles. The summed E-state index contributed by atoms with van der Waals surface area (Å²) in [5.41, 5.74) is -0.247. The molecule has 2 rings (SSSR count). The summed E-state index contributed by atoms with van der Waals surface area (Å²) in [4.78, 5) is 33.7. The normalized spacial score (nSPS) is 10.3. The minimum absolute atomic E-state index is 0.117. The number of nitro benzene ring substituents is 1. The Morgan fingerprint density at radius 2 is 1.82 bits per heavy atom. The zero-order chi connectivity index (χ0) is 20.8. The molecule has 0 atom stereocenters. The quantitative estimate of drug-likeness (QED) is 0.424.